The van der Waals surface area contributed by atoms with E-state index in [0.717, 1.165) is 0 Å². The summed E-state index contributed by atoms with van der Waals surface area (Å²) < 4.78 is 32.5. The van der Waals surface area contributed by atoms with Crippen LogP contribution in [0.5, 0.6) is 0 Å². The van der Waals surface area contributed by atoms with Crippen molar-refractivity contribution in [2.75, 3.05) is 6.61 Å². The van der Waals surface area contributed by atoms with Gasteiger partial charge < -0.3 is 29.5 Å². The summed E-state index contributed by atoms with van der Waals surface area (Å²) in [4.78, 5) is 20.7. The maximum absolute atomic E-state index is 10.8. The molecule has 0 amide bonds. The molecule has 0 atom stereocenters. The van der Waals surface area contributed by atoms with E-state index >= 15 is 0 Å². The molecule has 1 rings (SSSR count). The van der Waals surface area contributed by atoms with E-state index in [-0.39, 0.29) is 101 Å². The third-order valence-corrected chi connectivity index (χ3v) is 3.13. The molecule has 0 radical (unpaired) electrons. The van der Waals surface area contributed by atoms with Gasteiger partial charge in [-0.25, -0.2) is 8.42 Å². The first-order chi connectivity index (χ1) is 8.68. The molecular weight excluding hydrogens is 349 g/mol. The van der Waals surface area contributed by atoms with Crippen molar-refractivity contribution in [1.82, 2.24) is 0 Å². The van der Waals surface area contributed by atoms with Gasteiger partial charge in [0.1, 0.15) is 10.1 Å². The molecule has 0 aromatic heterocycles. The van der Waals surface area contributed by atoms with Gasteiger partial charge in [0, 0.05) is 17.7 Å². The predicted molar refractivity (Wildman–Crippen MR) is 53.9 cm³/mol. The molecule has 1 N–H and O–H groups in total. The Bertz CT molecular complexity index is 609. The summed E-state index contributed by atoms with van der Waals surface area (Å²) in [5.41, 5.74) is -1.94. The number of aliphatic hydroxyl groups excluding tert-OH is 1. The van der Waals surface area contributed by atoms with Gasteiger partial charge in [0.2, 0.25) is 0 Å². The SMILES string of the molecule is O=C([O-])c1cc(S(=O)(=O)[O-])cc(C(=O)[O-])c1CCO.[Na+].[Na+].[Na+]. The van der Waals surface area contributed by atoms with Crippen LogP contribution < -0.4 is 98.9 Å². The van der Waals surface area contributed by atoms with Crippen molar-refractivity contribution in [3.05, 3.63) is 28.8 Å². The summed E-state index contributed by atoms with van der Waals surface area (Å²) in [5, 5.41) is 30.4. The Hall–Kier alpha value is 1.03. The smallest absolute Gasteiger partial charge is 0.744 e. The Kier molecular flexibility index (Phi) is 14.6. The number of hydrogen-bond donors (Lipinski definition) is 1. The van der Waals surface area contributed by atoms with E-state index < -0.39 is 44.7 Å². The summed E-state index contributed by atoms with van der Waals surface area (Å²) >= 11 is 0. The summed E-state index contributed by atoms with van der Waals surface area (Å²) in [6.07, 6.45) is -0.369. The number of carboxylic acid groups (broad SMARTS) is 2. The third kappa shape index (κ3) is 7.29. The number of aromatic carboxylic acids is 2. The largest absolute Gasteiger partial charge is 1.00 e. The van der Waals surface area contributed by atoms with Crippen LogP contribution in [-0.2, 0) is 16.5 Å². The average Bonchev–Trinajstić information content (AvgIpc) is 2.27. The molecule has 22 heavy (non-hydrogen) atoms. The minimum Gasteiger partial charge on any atom is -0.744 e. The topological polar surface area (TPSA) is 158 Å². The van der Waals surface area contributed by atoms with Crippen molar-refractivity contribution in [2.45, 2.75) is 11.3 Å². The van der Waals surface area contributed by atoms with Gasteiger partial charge in [-0.2, -0.15) is 0 Å². The van der Waals surface area contributed by atoms with Gasteiger partial charge in [0.15, 0.2) is 0 Å². The van der Waals surface area contributed by atoms with Crippen LogP contribution in [-0.4, -0.2) is 36.6 Å². The van der Waals surface area contributed by atoms with E-state index in [1.54, 1.807) is 0 Å². The summed E-state index contributed by atoms with van der Waals surface area (Å²) in [6, 6.07) is 0.990. The first kappa shape index (κ1) is 27.9. The molecule has 0 aliphatic carbocycles. The van der Waals surface area contributed by atoms with Crippen molar-refractivity contribution in [1.29, 1.82) is 0 Å². The van der Waals surface area contributed by atoms with E-state index in [2.05, 4.69) is 0 Å². The zero-order valence-corrected chi connectivity index (χ0v) is 19.1. The molecule has 8 nitrogen and oxygen atoms in total. The first-order valence-corrected chi connectivity index (χ1v) is 6.25. The summed E-state index contributed by atoms with van der Waals surface area (Å²) in [5.74, 6) is -3.73. The maximum Gasteiger partial charge on any atom is 1.00 e. The molecule has 0 aliphatic heterocycles. The van der Waals surface area contributed by atoms with Crippen LogP contribution in [0.15, 0.2) is 17.0 Å². The van der Waals surface area contributed by atoms with E-state index in [1.807, 2.05) is 0 Å². The molecule has 0 saturated heterocycles. The number of rotatable bonds is 5. The quantitative estimate of drug-likeness (QED) is 0.402. The van der Waals surface area contributed by atoms with E-state index in [4.69, 9.17) is 5.11 Å². The minimum absolute atomic E-state index is 0. The predicted octanol–water partition coefficient (Wildman–Crippen LogP) is -12.1. The number of hydrogen-bond acceptors (Lipinski definition) is 8. The fourth-order valence-corrected chi connectivity index (χ4v) is 2.06. The molecule has 0 bridgehead atoms. The number of carboxylic acids is 2. The zero-order chi connectivity index (χ0) is 14.8. The van der Waals surface area contributed by atoms with Crippen LogP contribution in [0, 0.1) is 0 Å². The van der Waals surface area contributed by atoms with Crippen LogP contribution in [0.1, 0.15) is 26.3 Å². The number of benzene rings is 1. The van der Waals surface area contributed by atoms with Crippen molar-refractivity contribution in [3.8, 4) is 0 Å². The molecular formula is C10H7Na3O8S. The molecule has 0 heterocycles. The molecule has 0 spiro atoms. The van der Waals surface area contributed by atoms with E-state index in [0.29, 0.717) is 12.1 Å². The summed E-state index contributed by atoms with van der Waals surface area (Å²) in [7, 11) is -5.04. The van der Waals surface area contributed by atoms with Crippen LogP contribution in [0.2, 0.25) is 0 Å². The van der Waals surface area contributed by atoms with Crippen molar-refractivity contribution in [3.63, 3.8) is 0 Å². The Morgan fingerprint density at radius 1 is 1.00 bits per heavy atom. The third-order valence-electron chi connectivity index (χ3n) is 2.31. The van der Waals surface area contributed by atoms with Crippen LogP contribution in [0.4, 0.5) is 0 Å². The van der Waals surface area contributed by atoms with Gasteiger partial charge in [0.05, 0.1) is 16.8 Å². The Labute approximate surface area is 192 Å². The molecule has 12 heteroatoms. The Morgan fingerprint density at radius 3 is 1.59 bits per heavy atom. The monoisotopic (exact) mass is 356 g/mol. The molecule has 104 valence electrons. The number of carbonyl (C=O) groups excluding carboxylic acids is 2. The molecule has 1 aromatic rings. The van der Waals surface area contributed by atoms with Gasteiger partial charge in [0.25, 0.3) is 0 Å². The zero-order valence-electron chi connectivity index (χ0n) is 12.3. The maximum atomic E-state index is 10.8. The van der Waals surface area contributed by atoms with Gasteiger partial charge in [-0.1, -0.05) is 0 Å². The molecule has 0 unspecified atom stereocenters. The van der Waals surface area contributed by atoms with Crippen molar-refractivity contribution in [2.24, 2.45) is 0 Å². The second-order valence-corrected chi connectivity index (χ2v) is 4.88. The van der Waals surface area contributed by atoms with E-state index in [9.17, 15) is 32.8 Å². The molecule has 1 aromatic carbocycles. The van der Waals surface area contributed by atoms with Gasteiger partial charge in [-0.15, -0.1) is 0 Å². The average molecular weight is 356 g/mol. The Morgan fingerprint density at radius 2 is 1.36 bits per heavy atom. The second-order valence-electron chi connectivity index (χ2n) is 3.50. The van der Waals surface area contributed by atoms with Crippen molar-refractivity contribution >= 4 is 22.1 Å². The second kappa shape index (κ2) is 11.6. The van der Waals surface area contributed by atoms with Gasteiger partial charge in [-0.3, -0.25) is 0 Å². The van der Waals surface area contributed by atoms with Crippen LogP contribution in [0.25, 0.3) is 0 Å². The normalized spacial score (nSPS) is 9.73. The first-order valence-electron chi connectivity index (χ1n) is 4.85. The standard InChI is InChI=1S/C10H10O8S.3Na/c11-2-1-6-7(9(12)13)3-5(19(16,17)18)4-8(6)10(14)15;;;/h3-4,11H,1-2H2,(H,12,13)(H,14,15)(H,16,17,18);;;/q;3*+1/p-3. The van der Waals surface area contributed by atoms with Crippen molar-refractivity contribution < 1.29 is 127 Å². The van der Waals surface area contributed by atoms with Crippen LogP contribution >= 0.6 is 0 Å². The molecule has 0 aliphatic rings. The number of carbonyl (C=O) groups is 2. The van der Waals surface area contributed by atoms with Gasteiger partial charge >= 0.3 is 88.7 Å². The van der Waals surface area contributed by atoms with E-state index in [1.165, 1.54) is 0 Å². The molecule has 0 saturated carbocycles. The summed E-state index contributed by atoms with van der Waals surface area (Å²) in [6.45, 7) is -0.579. The van der Waals surface area contributed by atoms with Gasteiger partial charge in [-0.05, 0) is 24.1 Å². The fourth-order valence-electron chi connectivity index (χ4n) is 1.54. The Balaban J connectivity index is -0.00000120. The minimum atomic E-state index is -5.04. The van der Waals surface area contributed by atoms with Crippen LogP contribution in [0.3, 0.4) is 0 Å². The number of aliphatic hydroxyl groups is 1. The fraction of sp³-hybridized carbons (Fsp3) is 0.200. The molecule has 0 fully saturated rings.